The lowest BCUT2D eigenvalue weighted by Gasteiger charge is -2.13. The minimum Gasteiger partial charge on any atom is -0.505 e. The molecule has 27 heavy (non-hydrogen) atoms. The summed E-state index contributed by atoms with van der Waals surface area (Å²) in [6.07, 6.45) is 3.05. The van der Waals surface area contributed by atoms with Crippen LogP contribution in [-0.2, 0) is 4.79 Å². The lowest BCUT2D eigenvalue weighted by Crippen LogP contribution is -2.31. The average Bonchev–Trinajstić information content (AvgIpc) is 3.32. The van der Waals surface area contributed by atoms with Gasteiger partial charge >= 0.3 is 5.97 Å². The summed E-state index contributed by atoms with van der Waals surface area (Å²) in [5, 5.41) is 29.1. The first-order valence-corrected chi connectivity index (χ1v) is 8.25. The predicted octanol–water partition coefficient (Wildman–Crippen LogP) is 0.295. The highest BCUT2D eigenvalue weighted by Crippen LogP contribution is 2.33. The number of carbonyl (C=O) groups excluding carboxylic acids is 2. The zero-order valence-electron chi connectivity index (χ0n) is 14.0. The Kier molecular flexibility index (Phi) is 3.87. The largest absolute Gasteiger partial charge is 0.505 e. The van der Waals surface area contributed by atoms with Gasteiger partial charge in [0.15, 0.2) is 17.1 Å². The molecule has 1 aliphatic rings. The van der Waals surface area contributed by atoms with Crippen molar-refractivity contribution in [3.8, 4) is 5.75 Å². The molecule has 0 spiro atoms. The quantitative estimate of drug-likeness (QED) is 0.506. The van der Waals surface area contributed by atoms with E-state index in [1.165, 1.54) is 6.33 Å². The Bertz CT molecular complexity index is 1100. The molecular weight excluding hydrogens is 354 g/mol. The van der Waals surface area contributed by atoms with Crippen molar-refractivity contribution < 1.29 is 24.6 Å². The normalized spacial score (nSPS) is 13.6. The highest BCUT2D eigenvalue weighted by molar-refractivity contribution is 6.15. The lowest BCUT2D eigenvalue weighted by molar-refractivity contribution is -0.135. The van der Waals surface area contributed by atoms with Crippen molar-refractivity contribution in [3.05, 3.63) is 35.8 Å². The Morgan fingerprint density at radius 2 is 2.00 bits per heavy atom. The third kappa shape index (κ3) is 2.90. The van der Waals surface area contributed by atoms with Gasteiger partial charge in [0.1, 0.15) is 12.9 Å². The molecule has 0 saturated heterocycles. The third-order valence-corrected chi connectivity index (χ3v) is 4.30. The summed E-state index contributed by atoms with van der Waals surface area (Å²) in [4.78, 5) is 39.8. The number of carboxylic acids is 1. The number of aliphatic carboxylic acids is 1. The van der Waals surface area contributed by atoms with E-state index in [-0.39, 0.29) is 28.7 Å². The topological polar surface area (TPSA) is 146 Å². The lowest BCUT2D eigenvalue weighted by atomic mass is 10.0. The van der Waals surface area contributed by atoms with E-state index in [1.807, 2.05) is 0 Å². The molecule has 0 unspecified atom stereocenters. The zero-order valence-corrected chi connectivity index (χ0v) is 14.0. The number of nitrogens with one attached hydrogen (secondary N) is 2. The van der Waals surface area contributed by atoms with Gasteiger partial charge in [-0.05, 0) is 18.9 Å². The van der Waals surface area contributed by atoms with E-state index in [1.54, 1.807) is 18.2 Å². The van der Waals surface area contributed by atoms with Crippen LogP contribution in [0, 0.1) is 0 Å². The molecule has 2 heterocycles. The number of amides is 2. The Morgan fingerprint density at radius 1 is 1.22 bits per heavy atom. The molecule has 4 N–H and O–H groups in total. The van der Waals surface area contributed by atoms with Gasteiger partial charge in [-0.2, -0.15) is 5.10 Å². The van der Waals surface area contributed by atoms with E-state index >= 15 is 0 Å². The van der Waals surface area contributed by atoms with Crippen molar-refractivity contribution in [1.82, 2.24) is 25.2 Å². The van der Waals surface area contributed by atoms with Crippen LogP contribution < -0.4 is 10.6 Å². The van der Waals surface area contributed by atoms with Crippen LogP contribution in [0.4, 0.5) is 0 Å². The minimum atomic E-state index is -1.22. The molecule has 1 fully saturated rings. The Labute approximate surface area is 151 Å². The number of carbonyl (C=O) groups is 3. The maximum absolute atomic E-state index is 12.6. The van der Waals surface area contributed by atoms with Gasteiger partial charge in [0, 0.05) is 16.8 Å². The number of aromatic hydroxyl groups is 1. The van der Waals surface area contributed by atoms with Crippen LogP contribution in [0.15, 0.2) is 24.5 Å². The second kappa shape index (κ2) is 6.24. The number of rotatable bonds is 5. The van der Waals surface area contributed by atoms with Gasteiger partial charge in [-0.15, -0.1) is 0 Å². The van der Waals surface area contributed by atoms with Gasteiger partial charge in [-0.1, -0.05) is 12.1 Å². The summed E-state index contributed by atoms with van der Waals surface area (Å²) in [5.74, 6) is -2.75. The second-order valence-corrected chi connectivity index (χ2v) is 6.24. The van der Waals surface area contributed by atoms with Crippen LogP contribution in [0.1, 0.15) is 33.7 Å². The van der Waals surface area contributed by atoms with Crippen molar-refractivity contribution in [2.75, 3.05) is 6.54 Å². The van der Waals surface area contributed by atoms with Gasteiger partial charge < -0.3 is 20.8 Å². The number of hydrogen-bond acceptors (Lipinski definition) is 6. The predicted molar refractivity (Wildman–Crippen MR) is 92.6 cm³/mol. The summed E-state index contributed by atoms with van der Waals surface area (Å²) in [6, 6.07) is 4.91. The molecule has 1 aromatic carbocycles. The van der Waals surface area contributed by atoms with Crippen molar-refractivity contribution in [2.24, 2.45) is 0 Å². The SMILES string of the molecule is O=C(O)CNC(=O)c1c(O)c2cccc(C(=O)NC3CC3)c2c2ncnn12. The molecule has 3 aromatic rings. The maximum atomic E-state index is 12.6. The highest BCUT2D eigenvalue weighted by atomic mass is 16.4. The molecule has 0 atom stereocenters. The molecular formula is C17H15N5O5. The number of benzene rings is 1. The van der Waals surface area contributed by atoms with Crippen LogP contribution in [0.2, 0.25) is 0 Å². The van der Waals surface area contributed by atoms with Gasteiger partial charge in [0.2, 0.25) is 0 Å². The summed E-state index contributed by atoms with van der Waals surface area (Å²) in [6.45, 7) is -0.615. The number of hydrogen-bond donors (Lipinski definition) is 4. The summed E-state index contributed by atoms with van der Waals surface area (Å²) in [7, 11) is 0. The van der Waals surface area contributed by atoms with E-state index < -0.39 is 24.2 Å². The number of fused-ring (bicyclic) bond motifs is 3. The van der Waals surface area contributed by atoms with Crippen LogP contribution in [0.3, 0.4) is 0 Å². The van der Waals surface area contributed by atoms with Crippen LogP contribution in [0.5, 0.6) is 5.75 Å². The fraction of sp³-hybridized carbons (Fsp3) is 0.235. The summed E-state index contributed by atoms with van der Waals surface area (Å²) >= 11 is 0. The molecule has 1 saturated carbocycles. The molecule has 1 aliphatic carbocycles. The number of carboxylic acid groups (broad SMARTS) is 1. The number of aromatic nitrogens is 3. The van der Waals surface area contributed by atoms with Crippen LogP contribution >= 0.6 is 0 Å². The number of pyridine rings is 1. The van der Waals surface area contributed by atoms with Crippen molar-refractivity contribution in [2.45, 2.75) is 18.9 Å². The Balaban J connectivity index is 1.90. The molecule has 0 radical (unpaired) electrons. The van der Waals surface area contributed by atoms with Crippen LogP contribution in [-0.4, -0.2) is 55.2 Å². The van der Waals surface area contributed by atoms with Crippen molar-refractivity contribution in [3.63, 3.8) is 0 Å². The van der Waals surface area contributed by atoms with Gasteiger partial charge in [0.05, 0.1) is 5.56 Å². The first-order valence-electron chi connectivity index (χ1n) is 8.25. The smallest absolute Gasteiger partial charge is 0.322 e. The van der Waals surface area contributed by atoms with Gasteiger partial charge in [0.25, 0.3) is 11.8 Å². The average molecular weight is 369 g/mol. The number of nitrogens with zero attached hydrogens (tertiary/aromatic N) is 3. The molecule has 2 aromatic heterocycles. The van der Waals surface area contributed by atoms with Crippen molar-refractivity contribution in [1.29, 1.82) is 0 Å². The van der Waals surface area contributed by atoms with Gasteiger partial charge in [-0.3, -0.25) is 14.4 Å². The zero-order chi connectivity index (χ0) is 19.1. The minimum absolute atomic E-state index is 0.149. The third-order valence-electron chi connectivity index (χ3n) is 4.30. The van der Waals surface area contributed by atoms with E-state index in [2.05, 4.69) is 20.7 Å². The van der Waals surface area contributed by atoms with E-state index in [9.17, 15) is 19.5 Å². The monoisotopic (exact) mass is 369 g/mol. The highest BCUT2D eigenvalue weighted by Gasteiger charge is 2.27. The molecule has 0 aliphatic heterocycles. The Morgan fingerprint density at radius 3 is 2.70 bits per heavy atom. The first kappa shape index (κ1) is 16.8. The Hall–Kier alpha value is -3.69. The van der Waals surface area contributed by atoms with Crippen LogP contribution in [0.25, 0.3) is 16.4 Å². The van der Waals surface area contributed by atoms with Gasteiger partial charge in [-0.25, -0.2) is 9.50 Å². The van der Waals surface area contributed by atoms with Crippen molar-refractivity contribution >= 4 is 34.2 Å². The fourth-order valence-electron chi connectivity index (χ4n) is 2.92. The first-order chi connectivity index (χ1) is 13.0. The van der Waals surface area contributed by atoms with E-state index in [0.717, 1.165) is 17.4 Å². The molecule has 138 valence electrons. The molecule has 2 amide bonds. The molecule has 0 bridgehead atoms. The molecule has 10 nitrogen and oxygen atoms in total. The summed E-state index contributed by atoms with van der Waals surface area (Å²) in [5.41, 5.74) is 0.269. The molecule has 4 rings (SSSR count). The standard InChI is InChI=1S/C17H15N5O5/c23-11(24)6-18-17(27)13-14(25)9-2-1-3-10(16(26)21-8-4-5-8)12(9)15-19-7-20-22(13)15/h1-3,7-8,25H,4-6H2,(H,18,27)(H,21,26)(H,23,24). The summed E-state index contributed by atoms with van der Waals surface area (Å²) < 4.78 is 1.10. The fourth-order valence-corrected chi connectivity index (χ4v) is 2.92. The maximum Gasteiger partial charge on any atom is 0.322 e. The van der Waals surface area contributed by atoms with E-state index in [0.29, 0.717) is 10.9 Å². The van der Waals surface area contributed by atoms with E-state index in [4.69, 9.17) is 5.11 Å². The second-order valence-electron chi connectivity index (χ2n) is 6.24. The molecule has 10 heteroatoms.